The molecule has 16 heavy (non-hydrogen) atoms. The third-order valence-corrected chi connectivity index (χ3v) is 2.64. The van der Waals surface area contributed by atoms with Crippen molar-refractivity contribution in [3.63, 3.8) is 0 Å². The third-order valence-electron chi connectivity index (χ3n) is 1.87. The van der Waals surface area contributed by atoms with Gasteiger partial charge in [-0.1, -0.05) is 23.2 Å². The van der Waals surface area contributed by atoms with Gasteiger partial charge in [0.1, 0.15) is 5.69 Å². The van der Waals surface area contributed by atoms with Crippen LogP contribution >= 0.6 is 34.8 Å². The summed E-state index contributed by atoms with van der Waals surface area (Å²) in [5.41, 5.74) is 1.22. The monoisotopic (exact) mass is 273 g/mol. The average Bonchev–Trinajstić information content (AvgIpc) is 2.29. The first-order chi connectivity index (χ1) is 7.70. The molecule has 0 aliphatic carbocycles. The van der Waals surface area contributed by atoms with E-state index in [-0.39, 0.29) is 0 Å². The molecule has 0 fully saturated rings. The Balaban J connectivity index is 2.49. The van der Waals surface area contributed by atoms with Crippen molar-refractivity contribution >= 4 is 34.8 Å². The Morgan fingerprint density at radius 2 is 2.00 bits per heavy atom. The molecule has 3 nitrogen and oxygen atoms in total. The maximum Gasteiger partial charge on any atom is 0.179 e. The molecule has 0 saturated carbocycles. The number of pyridine rings is 1. The van der Waals surface area contributed by atoms with E-state index >= 15 is 0 Å². The summed E-state index contributed by atoms with van der Waals surface area (Å²) in [7, 11) is 0. The molecule has 0 atom stereocenters. The van der Waals surface area contributed by atoms with Crippen molar-refractivity contribution in [2.24, 2.45) is 0 Å². The van der Waals surface area contributed by atoms with Crippen LogP contribution in [0.3, 0.4) is 0 Å². The summed E-state index contributed by atoms with van der Waals surface area (Å²) < 4.78 is 0. The quantitative estimate of drug-likeness (QED) is 0.786. The van der Waals surface area contributed by atoms with Crippen molar-refractivity contribution in [3.8, 4) is 11.5 Å². The first-order valence-corrected chi connectivity index (χ1v) is 5.69. The van der Waals surface area contributed by atoms with E-state index < -0.39 is 0 Å². The predicted molar refractivity (Wildman–Crippen MR) is 64.8 cm³/mol. The van der Waals surface area contributed by atoms with Crippen molar-refractivity contribution in [2.75, 3.05) is 0 Å². The van der Waals surface area contributed by atoms with Crippen LogP contribution in [0.4, 0.5) is 0 Å². The van der Waals surface area contributed by atoms with Crippen molar-refractivity contribution < 1.29 is 0 Å². The molecule has 2 rings (SSSR count). The van der Waals surface area contributed by atoms with Crippen LogP contribution in [-0.2, 0) is 5.88 Å². The fraction of sp³-hybridized carbons (Fsp3) is 0.100. The number of halogens is 3. The highest BCUT2D eigenvalue weighted by atomic mass is 35.5. The molecule has 0 unspecified atom stereocenters. The topological polar surface area (TPSA) is 38.7 Å². The molecule has 0 N–H and O–H groups in total. The van der Waals surface area contributed by atoms with E-state index in [9.17, 15) is 0 Å². The Labute approximate surface area is 107 Å². The summed E-state index contributed by atoms with van der Waals surface area (Å²) in [5, 5.41) is 0.890. The maximum absolute atomic E-state index is 6.00. The minimum Gasteiger partial charge on any atom is -0.250 e. The lowest BCUT2D eigenvalue weighted by atomic mass is 10.3. The molecule has 2 aromatic rings. The molecule has 0 radical (unpaired) electrons. The lowest BCUT2D eigenvalue weighted by molar-refractivity contribution is 1.07. The molecule has 0 amide bonds. The predicted octanol–water partition coefficient (Wildman–Crippen LogP) is 3.58. The van der Waals surface area contributed by atoms with Gasteiger partial charge in [0.05, 0.1) is 21.6 Å². The zero-order valence-corrected chi connectivity index (χ0v) is 10.3. The molecule has 0 bridgehead atoms. The average molecular weight is 275 g/mol. The standard InChI is InChI=1S/C10H6Cl3N3/c11-4-7-1-2-14-10(16-7)9-8(13)3-6(12)5-15-9/h1-3,5H,4H2. The second-order valence-corrected chi connectivity index (χ2v) is 4.10. The van der Waals surface area contributed by atoms with Crippen LogP contribution in [0.1, 0.15) is 5.69 Å². The molecule has 0 saturated heterocycles. The molecule has 2 aromatic heterocycles. The molecule has 82 valence electrons. The molecule has 0 aliphatic rings. The Morgan fingerprint density at radius 1 is 1.19 bits per heavy atom. The van der Waals surface area contributed by atoms with Gasteiger partial charge < -0.3 is 0 Å². The second kappa shape index (κ2) is 4.95. The zero-order valence-electron chi connectivity index (χ0n) is 7.99. The Kier molecular flexibility index (Phi) is 3.59. The van der Waals surface area contributed by atoms with Gasteiger partial charge in [-0.15, -0.1) is 11.6 Å². The first-order valence-electron chi connectivity index (χ1n) is 4.40. The normalized spacial score (nSPS) is 10.4. The number of rotatable bonds is 2. The summed E-state index contributed by atoms with van der Waals surface area (Å²) in [5.74, 6) is 0.764. The summed E-state index contributed by atoms with van der Waals surface area (Å²) in [6, 6.07) is 3.34. The van der Waals surface area contributed by atoms with E-state index in [4.69, 9.17) is 34.8 Å². The molecular formula is C10H6Cl3N3. The van der Waals surface area contributed by atoms with Crippen LogP contribution in [-0.4, -0.2) is 15.0 Å². The fourth-order valence-electron chi connectivity index (χ4n) is 1.16. The largest absolute Gasteiger partial charge is 0.250 e. The Morgan fingerprint density at radius 3 is 2.69 bits per heavy atom. The summed E-state index contributed by atoms with van der Waals surface area (Å²) in [4.78, 5) is 12.4. The summed E-state index contributed by atoms with van der Waals surface area (Å²) in [6.45, 7) is 0. The Hall–Kier alpha value is -0.900. The number of aromatic nitrogens is 3. The van der Waals surface area contributed by atoms with Gasteiger partial charge in [0, 0.05) is 12.4 Å². The Bertz CT molecular complexity index is 516. The van der Waals surface area contributed by atoms with E-state index in [2.05, 4.69) is 15.0 Å². The number of alkyl halides is 1. The van der Waals surface area contributed by atoms with Crippen LogP contribution in [0, 0.1) is 0 Å². The lowest BCUT2D eigenvalue weighted by Gasteiger charge is -2.03. The van der Waals surface area contributed by atoms with Gasteiger partial charge >= 0.3 is 0 Å². The van der Waals surface area contributed by atoms with Crippen molar-refractivity contribution in [3.05, 3.63) is 40.3 Å². The SMILES string of the molecule is ClCc1ccnc(-c2ncc(Cl)cc2Cl)n1. The first kappa shape index (κ1) is 11.6. The summed E-state index contributed by atoms with van der Waals surface area (Å²) >= 11 is 17.4. The van der Waals surface area contributed by atoms with Crippen LogP contribution in [0.5, 0.6) is 0 Å². The van der Waals surface area contributed by atoms with Gasteiger partial charge in [-0.25, -0.2) is 15.0 Å². The van der Waals surface area contributed by atoms with Crippen LogP contribution in [0.25, 0.3) is 11.5 Å². The molecule has 6 heteroatoms. The lowest BCUT2D eigenvalue weighted by Crippen LogP contribution is -1.95. The molecule has 0 aliphatic heterocycles. The molecule has 2 heterocycles. The van der Waals surface area contributed by atoms with Gasteiger partial charge in [0.25, 0.3) is 0 Å². The van der Waals surface area contributed by atoms with Gasteiger partial charge in [-0.3, -0.25) is 0 Å². The van der Waals surface area contributed by atoms with E-state index in [0.29, 0.717) is 27.4 Å². The van der Waals surface area contributed by atoms with Crippen molar-refractivity contribution in [1.82, 2.24) is 15.0 Å². The fourth-order valence-corrected chi connectivity index (χ4v) is 1.78. The van der Waals surface area contributed by atoms with Gasteiger partial charge in [0.15, 0.2) is 5.82 Å². The number of hydrogen-bond donors (Lipinski definition) is 0. The van der Waals surface area contributed by atoms with E-state index in [1.807, 2.05) is 0 Å². The van der Waals surface area contributed by atoms with E-state index in [0.717, 1.165) is 5.69 Å². The van der Waals surface area contributed by atoms with Crippen LogP contribution in [0.2, 0.25) is 10.0 Å². The smallest absolute Gasteiger partial charge is 0.179 e. The molecular weight excluding hydrogens is 268 g/mol. The van der Waals surface area contributed by atoms with Gasteiger partial charge in [-0.2, -0.15) is 0 Å². The van der Waals surface area contributed by atoms with Gasteiger partial charge in [-0.05, 0) is 12.1 Å². The minimum absolute atomic E-state index is 0.320. The minimum atomic E-state index is 0.320. The highest BCUT2D eigenvalue weighted by Gasteiger charge is 2.09. The van der Waals surface area contributed by atoms with Crippen LogP contribution in [0.15, 0.2) is 24.5 Å². The van der Waals surface area contributed by atoms with E-state index in [1.165, 1.54) is 6.20 Å². The number of hydrogen-bond acceptors (Lipinski definition) is 3. The molecule has 0 spiro atoms. The zero-order chi connectivity index (χ0) is 11.5. The molecule has 0 aromatic carbocycles. The van der Waals surface area contributed by atoms with Crippen molar-refractivity contribution in [2.45, 2.75) is 5.88 Å². The highest BCUT2D eigenvalue weighted by molar-refractivity contribution is 6.35. The highest BCUT2D eigenvalue weighted by Crippen LogP contribution is 2.25. The second-order valence-electron chi connectivity index (χ2n) is 2.99. The van der Waals surface area contributed by atoms with E-state index in [1.54, 1.807) is 18.3 Å². The third kappa shape index (κ3) is 2.43. The van der Waals surface area contributed by atoms with Crippen molar-refractivity contribution in [1.29, 1.82) is 0 Å². The summed E-state index contributed by atoms with van der Waals surface area (Å²) in [6.07, 6.45) is 3.12. The number of nitrogens with zero attached hydrogens (tertiary/aromatic N) is 3. The maximum atomic E-state index is 6.00. The van der Waals surface area contributed by atoms with Gasteiger partial charge in [0.2, 0.25) is 0 Å². The van der Waals surface area contributed by atoms with Crippen LogP contribution < -0.4 is 0 Å².